The molecule has 0 fully saturated rings. The summed E-state index contributed by atoms with van der Waals surface area (Å²) >= 11 is 0. The summed E-state index contributed by atoms with van der Waals surface area (Å²) in [6.07, 6.45) is 1.26. The highest BCUT2D eigenvalue weighted by Gasteiger charge is 2.13. The van der Waals surface area contributed by atoms with Crippen LogP contribution in [0.3, 0.4) is 0 Å². The molecule has 0 amide bonds. The van der Waals surface area contributed by atoms with E-state index >= 15 is 0 Å². The SMILES string of the molecule is CC(=O)c1cnn(Cc2ccccc2)c1F. The molecule has 2 aromatic rings. The van der Waals surface area contributed by atoms with Crippen LogP contribution in [0.15, 0.2) is 36.5 Å². The molecular weight excluding hydrogens is 207 g/mol. The Hall–Kier alpha value is -1.97. The van der Waals surface area contributed by atoms with Gasteiger partial charge in [-0.25, -0.2) is 4.68 Å². The first-order chi connectivity index (χ1) is 7.68. The number of aromatic nitrogens is 2. The van der Waals surface area contributed by atoms with E-state index in [1.165, 1.54) is 17.8 Å². The maximum atomic E-state index is 13.6. The zero-order valence-corrected chi connectivity index (χ0v) is 8.85. The van der Waals surface area contributed by atoms with Crippen LogP contribution in [0.2, 0.25) is 0 Å². The second-order valence-electron chi connectivity index (χ2n) is 3.55. The van der Waals surface area contributed by atoms with Gasteiger partial charge in [0.05, 0.1) is 18.3 Å². The Morgan fingerprint density at radius 1 is 1.38 bits per heavy atom. The maximum Gasteiger partial charge on any atom is 0.222 e. The smallest absolute Gasteiger partial charge is 0.222 e. The third-order valence-electron chi connectivity index (χ3n) is 2.33. The highest BCUT2D eigenvalue weighted by atomic mass is 19.1. The fourth-order valence-corrected chi connectivity index (χ4v) is 1.47. The number of hydrogen-bond acceptors (Lipinski definition) is 2. The molecule has 1 heterocycles. The van der Waals surface area contributed by atoms with E-state index in [9.17, 15) is 9.18 Å². The number of nitrogens with zero attached hydrogens (tertiary/aromatic N) is 2. The molecule has 0 N–H and O–H groups in total. The topological polar surface area (TPSA) is 34.9 Å². The van der Waals surface area contributed by atoms with Gasteiger partial charge in [-0.15, -0.1) is 0 Å². The zero-order chi connectivity index (χ0) is 11.5. The number of benzene rings is 1. The van der Waals surface area contributed by atoms with Gasteiger partial charge in [0, 0.05) is 0 Å². The molecule has 0 unspecified atom stereocenters. The molecule has 2 rings (SSSR count). The minimum Gasteiger partial charge on any atom is -0.294 e. The highest BCUT2D eigenvalue weighted by Crippen LogP contribution is 2.09. The molecule has 0 saturated heterocycles. The summed E-state index contributed by atoms with van der Waals surface area (Å²) in [5.74, 6) is -0.881. The third kappa shape index (κ3) is 2.00. The molecule has 0 aliphatic heterocycles. The van der Waals surface area contributed by atoms with E-state index in [4.69, 9.17) is 0 Å². The average Bonchev–Trinajstić information content (AvgIpc) is 2.62. The number of ketones is 1. The lowest BCUT2D eigenvalue weighted by atomic mass is 10.2. The van der Waals surface area contributed by atoms with E-state index in [1.54, 1.807) is 0 Å². The van der Waals surface area contributed by atoms with Gasteiger partial charge >= 0.3 is 0 Å². The molecule has 1 aromatic carbocycles. The largest absolute Gasteiger partial charge is 0.294 e. The summed E-state index contributed by atoms with van der Waals surface area (Å²) in [6.45, 7) is 1.66. The van der Waals surface area contributed by atoms with Crippen molar-refractivity contribution >= 4 is 5.78 Å². The van der Waals surface area contributed by atoms with Crippen molar-refractivity contribution in [2.45, 2.75) is 13.5 Å². The Labute approximate surface area is 92.5 Å². The third-order valence-corrected chi connectivity index (χ3v) is 2.33. The molecule has 0 saturated carbocycles. The molecule has 0 aliphatic rings. The fraction of sp³-hybridized carbons (Fsp3) is 0.167. The average molecular weight is 218 g/mol. The van der Waals surface area contributed by atoms with Crippen LogP contribution in [0.4, 0.5) is 4.39 Å². The van der Waals surface area contributed by atoms with Crippen LogP contribution in [-0.4, -0.2) is 15.6 Å². The number of halogens is 1. The lowest BCUT2D eigenvalue weighted by Gasteiger charge is -2.02. The van der Waals surface area contributed by atoms with Crippen molar-refractivity contribution in [1.29, 1.82) is 0 Å². The Morgan fingerprint density at radius 2 is 2.06 bits per heavy atom. The molecule has 82 valence electrons. The van der Waals surface area contributed by atoms with Crippen LogP contribution in [0.25, 0.3) is 0 Å². The molecular formula is C12H11FN2O. The van der Waals surface area contributed by atoms with Crippen LogP contribution in [0.5, 0.6) is 0 Å². The summed E-state index contributed by atoms with van der Waals surface area (Å²) in [5.41, 5.74) is 0.982. The predicted molar refractivity (Wildman–Crippen MR) is 57.7 cm³/mol. The first-order valence-electron chi connectivity index (χ1n) is 4.94. The van der Waals surface area contributed by atoms with Crippen molar-refractivity contribution in [1.82, 2.24) is 9.78 Å². The van der Waals surface area contributed by atoms with Crippen molar-refractivity contribution in [2.75, 3.05) is 0 Å². The zero-order valence-electron chi connectivity index (χ0n) is 8.85. The van der Waals surface area contributed by atoms with Crippen LogP contribution >= 0.6 is 0 Å². The van der Waals surface area contributed by atoms with Gasteiger partial charge in [0.25, 0.3) is 0 Å². The van der Waals surface area contributed by atoms with Gasteiger partial charge < -0.3 is 0 Å². The molecule has 0 spiro atoms. The van der Waals surface area contributed by atoms with Gasteiger partial charge in [0.15, 0.2) is 5.78 Å². The monoisotopic (exact) mass is 218 g/mol. The second-order valence-corrected chi connectivity index (χ2v) is 3.55. The Bertz CT molecular complexity index is 505. The van der Waals surface area contributed by atoms with Crippen LogP contribution < -0.4 is 0 Å². The van der Waals surface area contributed by atoms with Gasteiger partial charge in [0.1, 0.15) is 0 Å². The minimum atomic E-state index is -0.573. The molecule has 0 bridgehead atoms. The van der Waals surface area contributed by atoms with Crippen molar-refractivity contribution in [3.8, 4) is 0 Å². The standard InChI is InChI=1S/C12H11FN2O/c1-9(16)11-7-14-15(12(11)13)8-10-5-3-2-4-6-10/h2-7H,8H2,1H3. The molecule has 4 heteroatoms. The lowest BCUT2D eigenvalue weighted by Crippen LogP contribution is -2.06. The van der Waals surface area contributed by atoms with E-state index in [1.807, 2.05) is 30.3 Å². The van der Waals surface area contributed by atoms with Crippen LogP contribution in [0, 0.1) is 5.95 Å². The fourth-order valence-electron chi connectivity index (χ4n) is 1.47. The van der Waals surface area contributed by atoms with Crippen LogP contribution in [-0.2, 0) is 6.54 Å². The van der Waals surface area contributed by atoms with Crippen molar-refractivity contribution in [3.05, 3.63) is 53.6 Å². The maximum absolute atomic E-state index is 13.6. The van der Waals surface area contributed by atoms with Crippen LogP contribution in [0.1, 0.15) is 22.8 Å². The molecule has 0 radical (unpaired) electrons. The summed E-state index contributed by atoms with van der Waals surface area (Å²) in [6, 6.07) is 9.41. The molecule has 0 atom stereocenters. The van der Waals surface area contributed by atoms with E-state index in [2.05, 4.69) is 5.10 Å². The summed E-state index contributed by atoms with van der Waals surface area (Å²) in [7, 11) is 0. The first-order valence-corrected chi connectivity index (χ1v) is 4.94. The van der Waals surface area contributed by atoms with Crippen molar-refractivity contribution in [2.24, 2.45) is 0 Å². The summed E-state index contributed by atoms with van der Waals surface area (Å²) < 4.78 is 14.8. The van der Waals surface area contributed by atoms with Gasteiger partial charge in [0.2, 0.25) is 5.95 Å². The van der Waals surface area contributed by atoms with Gasteiger partial charge in [-0.1, -0.05) is 30.3 Å². The quantitative estimate of drug-likeness (QED) is 0.741. The Balaban J connectivity index is 2.26. The summed E-state index contributed by atoms with van der Waals surface area (Å²) in [4.78, 5) is 11.0. The van der Waals surface area contributed by atoms with E-state index in [-0.39, 0.29) is 11.3 Å². The molecule has 3 nitrogen and oxygen atoms in total. The lowest BCUT2D eigenvalue weighted by molar-refractivity contribution is 0.101. The molecule has 16 heavy (non-hydrogen) atoms. The number of carbonyl (C=O) groups is 1. The van der Waals surface area contributed by atoms with E-state index in [0.29, 0.717) is 6.54 Å². The van der Waals surface area contributed by atoms with Gasteiger partial charge in [-0.2, -0.15) is 9.49 Å². The second kappa shape index (κ2) is 4.26. The normalized spacial score (nSPS) is 10.4. The Kier molecular flexibility index (Phi) is 2.81. The van der Waals surface area contributed by atoms with Gasteiger partial charge in [-0.05, 0) is 12.5 Å². The first kappa shape index (κ1) is 10.5. The summed E-state index contributed by atoms with van der Waals surface area (Å²) in [5, 5.41) is 3.85. The Morgan fingerprint density at radius 3 is 2.62 bits per heavy atom. The highest BCUT2D eigenvalue weighted by molar-refractivity contribution is 5.93. The van der Waals surface area contributed by atoms with Crippen molar-refractivity contribution in [3.63, 3.8) is 0 Å². The van der Waals surface area contributed by atoms with Crippen molar-refractivity contribution < 1.29 is 9.18 Å². The number of Topliss-reactive ketones (excluding diaryl/α,β-unsaturated/α-hetero) is 1. The molecule has 1 aromatic heterocycles. The predicted octanol–water partition coefficient (Wildman–Crippen LogP) is 2.27. The number of hydrogen-bond donors (Lipinski definition) is 0. The van der Waals surface area contributed by atoms with E-state index < -0.39 is 5.95 Å². The van der Waals surface area contributed by atoms with E-state index in [0.717, 1.165) is 5.56 Å². The number of rotatable bonds is 3. The minimum absolute atomic E-state index is 0.0379. The van der Waals surface area contributed by atoms with Gasteiger partial charge in [-0.3, -0.25) is 4.79 Å². The molecule has 0 aliphatic carbocycles. The number of carbonyl (C=O) groups excluding carboxylic acids is 1.